The molecule has 0 radical (unpaired) electrons. The Labute approximate surface area is 134 Å². The van der Waals surface area contributed by atoms with Crippen molar-refractivity contribution in [1.29, 1.82) is 0 Å². The average Bonchev–Trinajstić information content (AvgIpc) is 2.45. The van der Waals surface area contributed by atoms with E-state index in [2.05, 4.69) is 32.9 Å². The molecule has 0 aliphatic heterocycles. The highest BCUT2D eigenvalue weighted by Gasteiger charge is 2.26. The van der Waals surface area contributed by atoms with Gasteiger partial charge in [-0.15, -0.1) is 0 Å². The lowest BCUT2D eigenvalue weighted by Crippen LogP contribution is -2.42. The predicted octanol–water partition coefficient (Wildman–Crippen LogP) is 2.68. The van der Waals surface area contributed by atoms with Crippen molar-refractivity contribution >= 4 is 21.6 Å². The van der Waals surface area contributed by atoms with E-state index in [1.54, 1.807) is 0 Å². The number of nitrogens with two attached hydrogens (primary N) is 1. The van der Waals surface area contributed by atoms with E-state index in [0.717, 1.165) is 37.9 Å². The molecule has 1 aromatic heterocycles. The van der Waals surface area contributed by atoms with Crippen LogP contribution in [0.2, 0.25) is 0 Å². The van der Waals surface area contributed by atoms with Gasteiger partial charge in [-0.2, -0.15) is 5.10 Å². The Morgan fingerprint density at radius 1 is 1.43 bits per heavy atom. The fraction of sp³-hybridized carbons (Fsp3) is 0.733. The zero-order valence-electron chi connectivity index (χ0n) is 13.1. The SMILES string of the molecule is CCN(c1cnn(C(C)C)c(=O)c1Br)C1CCC(N)CC1. The summed E-state index contributed by atoms with van der Waals surface area (Å²) in [4.78, 5) is 14.7. The van der Waals surface area contributed by atoms with E-state index in [0.29, 0.717) is 16.6 Å². The summed E-state index contributed by atoms with van der Waals surface area (Å²) < 4.78 is 2.13. The number of rotatable bonds is 4. The highest BCUT2D eigenvalue weighted by Crippen LogP contribution is 2.30. The standard InChI is InChI=1S/C15H25BrN4O/c1-4-19(12-7-5-11(17)6-8-12)13-9-18-20(10(2)3)15(21)14(13)16/h9-12H,4-8,17H2,1-3H3. The molecule has 1 aliphatic rings. The highest BCUT2D eigenvalue weighted by molar-refractivity contribution is 9.10. The molecule has 1 heterocycles. The Morgan fingerprint density at radius 3 is 2.57 bits per heavy atom. The molecule has 0 amide bonds. The van der Waals surface area contributed by atoms with Crippen LogP contribution in [0.3, 0.4) is 0 Å². The second-order valence-corrected chi connectivity index (χ2v) is 6.83. The van der Waals surface area contributed by atoms with Crippen molar-refractivity contribution in [2.75, 3.05) is 11.4 Å². The van der Waals surface area contributed by atoms with Crippen molar-refractivity contribution in [2.24, 2.45) is 5.73 Å². The van der Waals surface area contributed by atoms with Crippen LogP contribution in [-0.4, -0.2) is 28.4 Å². The zero-order valence-corrected chi connectivity index (χ0v) is 14.6. The number of aromatic nitrogens is 2. The predicted molar refractivity (Wildman–Crippen MR) is 89.8 cm³/mol. The fourth-order valence-electron chi connectivity index (χ4n) is 3.04. The van der Waals surface area contributed by atoms with Gasteiger partial charge in [0.1, 0.15) is 4.47 Å². The summed E-state index contributed by atoms with van der Waals surface area (Å²) in [7, 11) is 0. The van der Waals surface area contributed by atoms with E-state index in [1.165, 1.54) is 4.68 Å². The Bertz CT molecular complexity index is 535. The van der Waals surface area contributed by atoms with Crippen molar-refractivity contribution in [3.05, 3.63) is 21.0 Å². The summed E-state index contributed by atoms with van der Waals surface area (Å²) in [5, 5.41) is 4.33. The zero-order chi connectivity index (χ0) is 15.6. The van der Waals surface area contributed by atoms with Gasteiger partial charge in [0.25, 0.3) is 5.56 Å². The van der Waals surface area contributed by atoms with Gasteiger partial charge in [0.05, 0.1) is 17.9 Å². The molecule has 0 aromatic carbocycles. The van der Waals surface area contributed by atoms with Gasteiger partial charge < -0.3 is 10.6 Å². The molecule has 1 fully saturated rings. The van der Waals surface area contributed by atoms with E-state index in [9.17, 15) is 4.79 Å². The average molecular weight is 357 g/mol. The minimum absolute atomic E-state index is 0.0607. The lowest BCUT2D eigenvalue weighted by Gasteiger charge is -2.37. The third kappa shape index (κ3) is 3.48. The maximum absolute atomic E-state index is 12.4. The topological polar surface area (TPSA) is 64.2 Å². The minimum atomic E-state index is -0.0616. The number of nitrogens with zero attached hydrogens (tertiary/aromatic N) is 3. The van der Waals surface area contributed by atoms with Crippen LogP contribution in [0, 0.1) is 0 Å². The van der Waals surface area contributed by atoms with Gasteiger partial charge in [0.15, 0.2) is 0 Å². The lowest BCUT2D eigenvalue weighted by molar-refractivity contribution is 0.377. The van der Waals surface area contributed by atoms with Crippen molar-refractivity contribution in [2.45, 2.75) is 64.6 Å². The van der Waals surface area contributed by atoms with Gasteiger partial charge in [0, 0.05) is 18.6 Å². The third-order valence-corrected chi connectivity index (χ3v) is 4.99. The van der Waals surface area contributed by atoms with Gasteiger partial charge in [-0.3, -0.25) is 4.79 Å². The molecule has 0 unspecified atom stereocenters. The number of hydrogen-bond acceptors (Lipinski definition) is 4. The summed E-state index contributed by atoms with van der Waals surface area (Å²) in [6.07, 6.45) is 6.07. The summed E-state index contributed by atoms with van der Waals surface area (Å²) in [5.41, 5.74) is 6.83. The summed E-state index contributed by atoms with van der Waals surface area (Å²) in [5.74, 6) is 0. The van der Waals surface area contributed by atoms with Crippen molar-refractivity contribution in [3.63, 3.8) is 0 Å². The second-order valence-electron chi connectivity index (χ2n) is 6.04. The number of halogens is 1. The summed E-state index contributed by atoms with van der Waals surface area (Å²) in [6, 6.07) is 0.836. The molecule has 0 spiro atoms. The molecule has 1 aromatic rings. The Hall–Kier alpha value is -0.880. The second kappa shape index (κ2) is 6.92. The first-order chi connectivity index (χ1) is 9.95. The maximum atomic E-state index is 12.4. The Balaban J connectivity index is 2.30. The van der Waals surface area contributed by atoms with E-state index < -0.39 is 0 Å². The molecule has 1 saturated carbocycles. The molecule has 118 valence electrons. The maximum Gasteiger partial charge on any atom is 0.283 e. The van der Waals surface area contributed by atoms with Crippen LogP contribution in [0.4, 0.5) is 5.69 Å². The highest BCUT2D eigenvalue weighted by atomic mass is 79.9. The van der Waals surface area contributed by atoms with Crippen LogP contribution in [0.5, 0.6) is 0 Å². The molecule has 0 bridgehead atoms. The summed E-state index contributed by atoms with van der Waals surface area (Å²) in [6.45, 7) is 6.90. The van der Waals surface area contributed by atoms with Crippen LogP contribution >= 0.6 is 15.9 Å². The van der Waals surface area contributed by atoms with Gasteiger partial charge in [0.2, 0.25) is 0 Å². The number of hydrogen-bond donors (Lipinski definition) is 1. The van der Waals surface area contributed by atoms with E-state index in [4.69, 9.17) is 5.73 Å². The van der Waals surface area contributed by atoms with Crippen LogP contribution in [0.25, 0.3) is 0 Å². The number of anilines is 1. The van der Waals surface area contributed by atoms with Gasteiger partial charge in [-0.1, -0.05) is 0 Å². The van der Waals surface area contributed by atoms with E-state index in [-0.39, 0.29) is 11.6 Å². The van der Waals surface area contributed by atoms with Crippen LogP contribution in [0.1, 0.15) is 52.5 Å². The van der Waals surface area contributed by atoms with Gasteiger partial charge in [-0.05, 0) is 62.4 Å². The van der Waals surface area contributed by atoms with Crippen molar-refractivity contribution in [3.8, 4) is 0 Å². The van der Waals surface area contributed by atoms with Crippen LogP contribution < -0.4 is 16.2 Å². The molecule has 0 atom stereocenters. The lowest BCUT2D eigenvalue weighted by atomic mass is 9.90. The smallest absolute Gasteiger partial charge is 0.283 e. The molecule has 2 N–H and O–H groups in total. The van der Waals surface area contributed by atoms with Crippen LogP contribution in [-0.2, 0) is 0 Å². The largest absolute Gasteiger partial charge is 0.366 e. The van der Waals surface area contributed by atoms with Gasteiger partial charge >= 0.3 is 0 Å². The first-order valence-corrected chi connectivity index (χ1v) is 8.54. The summed E-state index contributed by atoms with van der Waals surface area (Å²) >= 11 is 3.48. The molecular formula is C15H25BrN4O. The first kappa shape index (κ1) is 16.5. The van der Waals surface area contributed by atoms with Gasteiger partial charge in [-0.25, -0.2) is 4.68 Å². The minimum Gasteiger partial charge on any atom is -0.366 e. The van der Waals surface area contributed by atoms with Crippen molar-refractivity contribution < 1.29 is 0 Å². The molecule has 2 rings (SSSR count). The molecule has 21 heavy (non-hydrogen) atoms. The first-order valence-electron chi connectivity index (χ1n) is 7.75. The molecular weight excluding hydrogens is 332 g/mol. The van der Waals surface area contributed by atoms with E-state index >= 15 is 0 Å². The Morgan fingerprint density at radius 2 is 2.05 bits per heavy atom. The molecule has 5 nitrogen and oxygen atoms in total. The normalized spacial score (nSPS) is 22.6. The van der Waals surface area contributed by atoms with Crippen LogP contribution in [0.15, 0.2) is 15.5 Å². The van der Waals surface area contributed by atoms with E-state index in [1.807, 2.05) is 20.0 Å². The van der Waals surface area contributed by atoms with Crippen molar-refractivity contribution in [1.82, 2.24) is 9.78 Å². The fourth-order valence-corrected chi connectivity index (χ4v) is 3.55. The molecule has 6 heteroatoms. The molecule has 1 aliphatic carbocycles. The monoisotopic (exact) mass is 356 g/mol. The quantitative estimate of drug-likeness (QED) is 0.900. The molecule has 0 saturated heterocycles. The third-order valence-electron chi connectivity index (χ3n) is 4.25. The Kier molecular flexibility index (Phi) is 5.43.